The molecule has 2 aliphatic carbocycles. The molecule has 0 N–H and O–H groups in total. The Morgan fingerprint density at radius 2 is 1.48 bits per heavy atom. The summed E-state index contributed by atoms with van der Waals surface area (Å²) in [6.07, 6.45) is 11.0. The number of hydrogen-bond acceptors (Lipinski definition) is 2. The van der Waals surface area contributed by atoms with Crippen LogP contribution in [0.3, 0.4) is 0 Å². The Balaban J connectivity index is 1.54. The summed E-state index contributed by atoms with van der Waals surface area (Å²) in [5, 5.41) is 5.81. The first-order chi connectivity index (χ1) is 14.3. The second-order valence-corrected chi connectivity index (χ2v) is 8.22. The molecule has 0 spiro atoms. The van der Waals surface area contributed by atoms with Crippen molar-refractivity contribution >= 4 is 49.8 Å². The van der Waals surface area contributed by atoms with Crippen LogP contribution >= 0.6 is 0 Å². The molecule has 2 aliphatic rings. The summed E-state index contributed by atoms with van der Waals surface area (Å²) in [4.78, 5) is 0. The molecular formula is C27H18O2. The van der Waals surface area contributed by atoms with Gasteiger partial charge in [-0.3, -0.25) is 0 Å². The van der Waals surface area contributed by atoms with E-state index in [2.05, 4.69) is 85.8 Å². The Kier molecular flexibility index (Phi) is 2.81. The van der Waals surface area contributed by atoms with Gasteiger partial charge in [-0.25, -0.2) is 0 Å². The van der Waals surface area contributed by atoms with Crippen LogP contribution in [0, 0.1) is 5.92 Å². The average molecular weight is 374 g/mol. The topological polar surface area (TPSA) is 26.3 Å². The van der Waals surface area contributed by atoms with Gasteiger partial charge in [-0.05, 0) is 46.7 Å². The SMILES string of the molecule is CC1c2oc3cc4c(cc3c2C=C2C=CC=CC21)oc1cc2ccccc2cc14. The molecule has 2 nitrogen and oxygen atoms in total. The predicted molar refractivity (Wildman–Crippen MR) is 119 cm³/mol. The van der Waals surface area contributed by atoms with Crippen LogP contribution < -0.4 is 0 Å². The molecule has 5 aromatic rings. The molecule has 0 radical (unpaired) electrons. The van der Waals surface area contributed by atoms with Crippen LogP contribution in [-0.4, -0.2) is 0 Å². The Bertz CT molecular complexity index is 1570. The van der Waals surface area contributed by atoms with Crippen LogP contribution in [0.15, 0.2) is 87.2 Å². The van der Waals surface area contributed by atoms with E-state index in [1.54, 1.807) is 0 Å². The second kappa shape index (κ2) is 5.30. The molecule has 0 aliphatic heterocycles. The van der Waals surface area contributed by atoms with Crippen LogP contribution in [0.25, 0.3) is 49.8 Å². The second-order valence-electron chi connectivity index (χ2n) is 8.22. The summed E-state index contributed by atoms with van der Waals surface area (Å²) in [6, 6.07) is 17.1. The molecule has 3 aromatic carbocycles. The van der Waals surface area contributed by atoms with Crippen LogP contribution in [0.2, 0.25) is 0 Å². The number of hydrogen-bond donors (Lipinski definition) is 0. The van der Waals surface area contributed by atoms with Crippen LogP contribution in [0.1, 0.15) is 24.2 Å². The third-order valence-corrected chi connectivity index (χ3v) is 6.58. The number of benzene rings is 3. The minimum Gasteiger partial charge on any atom is -0.460 e. The highest BCUT2D eigenvalue weighted by Gasteiger charge is 2.31. The molecule has 0 saturated carbocycles. The summed E-state index contributed by atoms with van der Waals surface area (Å²) in [5.74, 6) is 1.80. The fraction of sp³-hybridized carbons (Fsp3) is 0.111. The fourth-order valence-electron chi connectivity index (χ4n) is 5.08. The van der Waals surface area contributed by atoms with Gasteiger partial charge in [0.15, 0.2) is 0 Å². The highest BCUT2D eigenvalue weighted by Crippen LogP contribution is 2.46. The van der Waals surface area contributed by atoms with E-state index < -0.39 is 0 Å². The summed E-state index contributed by atoms with van der Waals surface area (Å²) in [5.41, 5.74) is 5.33. The van der Waals surface area contributed by atoms with Gasteiger partial charge in [0.05, 0.1) is 0 Å². The van der Waals surface area contributed by atoms with Crippen molar-refractivity contribution in [3.63, 3.8) is 0 Å². The van der Waals surface area contributed by atoms with E-state index in [0.29, 0.717) is 11.8 Å². The van der Waals surface area contributed by atoms with E-state index in [4.69, 9.17) is 8.83 Å². The lowest BCUT2D eigenvalue weighted by molar-refractivity contribution is 0.463. The molecule has 0 saturated heterocycles. The van der Waals surface area contributed by atoms with E-state index in [-0.39, 0.29) is 0 Å². The van der Waals surface area contributed by atoms with Crippen molar-refractivity contribution in [1.82, 2.24) is 0 Å². The van der Waals surface area contributed by atoms with Crippen molar-refractivity contribution < 1.29 is 8.83 Å². The molecule has 0 bridgehead atoms. The maximum Gasteiger partial charge on any atom is 0.136 e. The third-order valence-electron chi connectivity index (χ3n) is 6.58. The zero-order chi connectivity index (χ0) is 19.1. The predicted octanol–water partition coefficient (Wildman–Crippen LogP) is 7.73. The van der Waals surface area contributed by atoms with Gasteiger partial charge in [0.25, 0.3) is 0 Å². The van der Waals surface area contributed by atoms with Crippen LogP contribution in [0.4, 0.5) is 0 Å². The highest BCUT2D eigenvalue weighted by atomic mass is 16.3. The van der Waals surface area contributed by atoms with Crippen LogP contribution in [0.5, 0.6) is 0 Å². The van der Waals surface area contributed by atoms with Gasteiger partial charge >= 0.3 is 0 Å². The van der Waals surface area contributed by atoms with Gasteiger partial charge < -0.3 is 8.83 Å². The zero-order valence-corrected chi connectivity index (χ0v) is 16.0. The first kappa shape index (κ1) is 15.4. The smallest absolute Gasteiger partial charge is 0.136 e. The molecule has 7 rings (SSSR count). The largest absolute Gasteiger partial charge is 0.460 e. The summed E-state index contributed by atoms with van der Waals surface area (Å²) in [6.45, 7) is 2.26. The van der Waals surface area contributed by atoms with Gasteiger partial charge in [0, 0.05) is 33.6 Å². The van der Waals surface area contributed by atoms with Crippen LogP contribution in [-0.2, 0) is 0 Å². The fourth-order valence-corrected chi connectivity index (χ4v) is 5.08. The van der Waals surface area contributed by atoms with E-state index in [1.807, 2.05) is 0 Å². The number of rotatable bonds is 0. The van der Waals surface area contributed by atoms with Crippen molar-refractivity contribution in [1.29, 1.82) is 0 Å². The maximum atomic E-state index is 6.42. The minimum absolute atomic E-state index is 0.325. The molecule has 0 amide bonds. The molecule has 2 heterocycles. The maximum absolute atomic E-state index is 6.42. The van der Waals surface area contributed by atoms with Crippen molar-refractivity contribution in [3.05, 3.63) is 89.7 Å². The third kappa shape index (κ3) is 2.01. The molecule has 2 unspecified atom stereocenters. The van der Waals surface area contributed by atoms with Gasteiger partial charge in [-0.2, -0.15) is 0 Å². The Labute approximate surface area is 167 Å². The zero-order valence-electron chi connectivity index (χ0n) is 16.0. The van der Waals surface area contributed by atoms with Gasteiger partial charge in [-0.1, -0.05) is 55.5 Å². The lowest BCUT2D eigenvalue weighted by Crippen LogP contribution is -2.15. The van der Waals surface area contributed by atoms with Crippen molar-refractivity contribution in [2.45, 2.75) is 12.8 Å². The Morgan fingerprint density at radius 3 is 2.38 bits per heavy atom. The lowest BCUT2D eigenvalue weighted by atomic mass is 9.77. The van der Waals surface area contributed by atoms with Gasteiger partial charge in [-0.15, -0.1) is 0 Å². The molecule has 138 valence electrons. The lowest BCUT2D eigenvalue weighted by Gasteiger charge is -2.27. The van der Waals surface area contributed by atoms with E-state index in [1.165, 1.54) is 21.9 Å². The molecule has 0 fully saturated rings. The highest BCUT2D eigenvalue weighted by molar-refractivity contribution is 6.13. The number of fused-ring (bicyclic) bond motifs is 8. The summed E-state index contributed by atoms with van der Waals surface area (Å²) >= 11 is 0. The molecule has 2 atom stereocenters. The van der Waals surface area contributed by atoms with E-state index in [9.17, 15) is 0 Å². The summed E-state index contributed by atoms with van der Waals surface area (Å²) < 4.78 is 12.7. The normalized spacial score (nSPS) is 20.5. The van der Waals surface area contributed by atoms with Gasteiger partial charge in [0.1, 0.15) is 22.5 Å². The summed E-state index contributed by atoms with van der Waals surface area (Å²) in [7, 11) is 0. The van der Waals surface area contributed by atoms with Crippen molar-refractivity contribution in [2.75, 3.05) is 0 Å². The molecule has 2 heteroatoms. The average Bonchev–Trinajstić information content (AvgIpc) is 3.28. The number of furan rings is 2. The van der Waals surface area contributed by atoms with Gasteiger partial charge in [0.2, 0.25) is 0 Å². The minimum atomic E-state index is 0.325. The Morgan fingerprint density at radius 1 is 0.759 bits per heavy atom. The number of allylic oxidation sites excluding steroid dienone is 5. The molecule has 29 heavy (non-hydrogen) atoms. The van der Waals surface area contributed by atoms with E-state index >= 15 is 0 Å². The van der Waals surface area contributed by atoms with Crippen molar-refractivity contribution in [3.8, 4) is 0 Å². The molecule has 2 aromatic heterocycles. The first-order valence-electron chi connectivity index (χ1n) is 10.1. The first-order valence-corrected chi connectivity index (χ1v) is 10.1. The standard InChI is InChI=1S/C27H18O2/c1-15-19-9-5-4-8-18(19)11-23-22-14-25-21(13-26(22)29-27(15)23)20-10-16-6-2-3-7-17(16)12-24(20)28-25/h2-15,19H,1H3. The molecular weight excluding hydrogens is 356 g/mol. The van der Waals surface area contributed by atoms with E-state index in [0.717, 1.165) is 38.7 Å². The monoisotopic (exact) mass is 374 g/mol. The quantitative estimate of drug-likeness (QED) is 0.277. The Hall–Kier alpha value is -3.52. The van der Waals surface area contributed by atoms with Crippen molar-refractivity contribution in [2.24, 2.45) is 5.92 Å².